The molecule has 2 aromatic carbocycles. The Hall–Kier alpha value is -1.32. The van der Waals surface area contributed by atoms with Crippen LogP contribution in [0.15, 0.2) is 54.6 Å². The quantitative estimate of drug-likeness (QED) is 0.587. The van der Waals surface area contributed by atoms with E-state index in [9.17, 15) is 0 Å². The summed E-state index contributed by atoms with van der Waals surface area (Å²) in [6.45, 7) is 0. The number of fused-ring (bicyclic) bond motifs is 1. The summed E-state index contributed by atoms with van der Waals surface area (Å²) in [5.41, 5.74) is 3.83. The lowest BCUT2D eigenvalue weighted by Gasteiger charge is -2.28. The molecule has 3 rings (SSSR count). The Balaban J connectivity index is 1.98. The highest BCUT2D eigenvalue weighted by Crippen LogP contribution is 2.48. The third-order valence-electron chi connectivity index (χ3n) is 3.52. The van der Waals surface area contributed by atoms with Gasteiger partial charge >= 0.3 is 0 Å². The Morgan fingerprint density at radius 3 is 2.35 bits per heavy atom. The SMILES string of the molecule is CN1SN([C@H](CCCl)c2ccccc2)c2ccccc21. The van der Waals surface area contributed by atoms with E-state index in [4.69, 9.17) is 11.6 Å². The van der Waals surface area contributed by atoms with E-state index in [-0.39, 0.29) is 0 Å². The first-order valence-electron chi connectivity index (χ1n) is 6.72. The molecule has 0 unspecified atom stereocenters. The second kappa shape index (κ2) is 5.98. The molecule has 0 aromatic heterocycles. The van der Waals surface area contributed by atoms with Gasteiger partial charge in [-0.25, -0.2) is 0 Å². The minimum atomic E-state index is 0.296. The molecule has 4 heteroatoms. The first-order chi connectivity index (χ1) is 9.81. The third kappa shape index (κ3) is 2.48. The number of alkyl halides is 1. The molecule has 0 radical (unpaired) electrons. The van der Waals surface area contributed by atoms with Crippen molar-refractivity contribution in [3.63, 3.8) is 0 Å². The van der Waals surface area contributed by atoms with Crippen molar-refractivity contribution in [2.24, 2.45) is 0 Å². The Bertz CT molecular complexity index is 576. The maximum atomic E-state index is 6.04. The van der Waals surface area contributed by atoms with Crippen LogP contribution in [-0.4, -0.2) is 12.9 Å². The van der Waals surface area contributed by atoms with Crippen molar-refractivity contribution in [1.29, 1.82) is 0 Å². The molecular formula is C16H17ClN2S. The smallest absolute Gasteiger partial charge is 0.0736 e. The summed E-state index contributed by atoms with van der Waals surface area (Å²) >= 11 is 7.78. The van der Waals surface area contributed by atoms with Gasteiger partial charge in [-0.15, -0.1) is 11.6 Å². The summed E-state index contributed by atoms with van der Waals surface area (Å²) in [7, 11) is 2.10. The highest BCUT2D eigenvalue weighted by molar-refractivity contribution is 8.02. The van der Waals surface area contributed by atoms with Gasteiger partial charge in [0, 0.05) is 12.9 Å². The lowest BCUT2D eigenvalue weighted by molar-refractivity contribution is 0.712. The molecule has 1 aliphatic heterocycles. The van der Waals surface area contributed by atoms with Gasteiger partial charge in [-0.05, 0) is 24.1 Å². The van der Waals surface area contributed by atoms with Gasteiger partial charge in [0.25, 0.3) is 0 Å². The molecule has 0 fully saturated rings. The van der Waals surface area contributed by atoms with Crippen molar-refractivity contribution in [2.45, 2.75) is 12.5 Å². The van der Waals surface area contributed by atoms with Crippen molar-refractivity contribution in [1.82, 2.24) is 0 Å². The van der Waals surface area contributed by atoms with Gasteiger partial charge in [0.05, 0.1) is 29.6 Å². The zero-order valence-corrected chi connectivity index (χ0v) is 12.9. The molecule has 0 amide bonds. The largest absolute Gasteiger partial charge is 0.300 e. The molecule has 1 aliphatic rings. The molecule has 0 saturated heterocycles. The van der Waals surface area contributed by atoms with Gasteiger partial charge in [-0.1, -0.05) is 42.5 Å². The van der Waals surface area contributed by atoms with Crippen molar-refractivity contribution in [2.75, 3.05) is 21.5 Å². The van der Waals surface area contributed by atoms with Crippen LogP contribution in [0.3, 0.4) is 0 Å². The fraction of sp³-hybridized carbons (Fsp3) is 0.250. The van der Waals surface area contributed by atoms with Crippen LogP contribution in [-0.2, 0) is 0 Å². The van der Waals surface area contributed by atoms with E-state index < -0.39 is 0 Å². The molecule has 0 aliphatic carbocycles. The van der Waals surface area contributed by atoms with E-state index in [0.29, 0.717) is 11.9 Å². The summed E-state index contributed by atoms with van der Waals surface area (Å²) < 4.78 is 4.58. The summed E-state index contributed by atoms with van der Waals surface area (Å²) in [5.74, 6) is 0.655. The fourth-order valence-corrected chi connectivity index (χ4v) is 3.86. The Morgan fingerprint density at radius 2 is 1.65 bits per heavy atom. The second-order valence-electron chi connectivity index (χ2n) is 4.80. The van der Waals surface area contributed by atoms with Crippen molar-refractivity contribution < 1.29 is 0 Å². The lowest BCUT2D eigenvalue weighted by Crippen LogP contribution is -2.21. The Labute approximate surface area is 129 Å². The van der Waals surface area contributed by atoms with E-state index in [1.165, 1.54) is 16.9 Å². The molecule has 0 bridgehead atoms. The highest BCUT2D eigenvalue weighted by atomic mass is 35.5. The number of halogens is 1. The first-order valence-corrected chi connectivity index (χ1v) is 7.98. The third-order valence-corrected chi connectivity index (χ3v) is 4.81. The van der Waals surface area contributed by atoms with Gasteiger partial charge < -0.3 is 0 Å². The molecule has 2 nitrogen and oxygen atoms in total. The molecule has 0 N–H and O–H groups in total. The van der Waals surface area contributed by atoms with Crippen molar-refractivity contribution in [3.8, 4) is 0 Å². The summed E-state index contributed by atoms with van der Waals surface area (Å²) in [6.07, 6.45) is 0.931. The van der Waals surface area contributed by atoms with Gasteiger partial charge in [-0.3, -0.25) is 8.61 Å². The van der Waals surface area contributed by atoms with Crippen LogP contribution in [0, 0.1) is 0 Å². The van der Waals surface area contributed by atoms with Crippen LogP contribution in [0.25, 0.3) is 0 Å². The van der Waals surface area contributed by atoms with Crippen LogP contribution in [0.4, 0.5) is 11.4 Å². The second-order valence-corrected chi connectivity index (χ2v) is 6.28. The number of hydrogen-bond donors (Lipinski definition) is 0. The van der Waals surface area contributed by atoms with Crippen molar-refractivity contribution in [3.05, 3.63) is 60.2 Å². The molecular weight excluding hydrogens is 288 g/mol. The fourth-order valence-electron chi connectivity index (χ4n) is 2.56. The highest BCUT2D eigenvalue weighted by Gasteiger charge is 2.30. The number of benzene rings is 2. The number of rotatable bonds is 4. The number of para-hydroxylation sites is 2. The van der Waals surface area contributed by atoms with Crippen LogP contribution >= 0.6 is 23.7 Å². The van der Waals surface area contributed by atoms with E-state index in [1.54, 1.807) is 12.1 Å². The molecule has 20 heavy (non-hydrogen) atoms. The molecule has 2 aromatic rings. The summed E-state index contributed by atoms with van der Waals surface area (Å²) in [5, 5.41) is 0. The summed E-state index contributed by atoms with van der Waals surface area (Å²) in [6, 6.07) is 19.4. The zero-order valence-electron chi connectivity index (χ0n) is 11.4. The van der Waals surface area contributed by atoms with Gasteiger partial charge in [-0.2, -0.15) is 0 Å². The van der Waals surface area contributed by atoms with E-state index >= 15 is 0 Å². The first kappa shape index (κ1) is 13.7. The normalized spacial score (nSPS) is 15.3. The Kier molecular flexibility index (Phi) is 4.08. The van der Waals surface area contributed by atoms with Crippen molar-refractivity contribution >= 4 is 35.1 Å². The van der Waals surface area contributed by atoms with Gasteiger partial charge in [0.2, 0.25) is 0 Å². The lowest BCUT2D eigenvalue weighted by atomic mass is 10.0. The number of hydrogen-bond acceptors (Lipinski definition) is 3. The standard InChI is InChI=1S/C16H17ClN2S/c1-18-15-9-5-6-10-16(15)19(20-18)14(11-12-17)13-7-3-2-4-8-13/h2-10,14H,11-12H2,1H3/t14-/m1/s1. The van der Waals surface area contributed by atoms with E-state index in [1.807, 2.05) is 0 Å². The molecule has 104 valence electrons. The zero-order chi connectivity index (χ0) is 13.9. The number of nitrogens with zero attached hydrogens (tertiary/aromatic N) is 2. The Morgan fingerprint density at radius 1 is 1.00 bits per heavy atom. The average Bonchev–Trinajstić information content (AvgIpc) is 2.83. The maximum absolute atomic E-state index is 6.04. The van der Waals surface area contributed by atoms with Gasteiger partial charge in [0.1, 0.15) is 0 Å². The average molecular weight is 305 g/mol. The molecule has 0 spiro atoms. The minimum Gasteiger partial charge on any atom is -0.300 e. The monoisotopic (exact) mass is 304 g/mol. The molecule has 1 atom stereocenters. The molecule has 1 heterocycles. The topological polar surface area (TPSA) is 6.48 Å². The van der Waals surface area contributed by atoms with E-state index in [0.717, 1.165) is 6.42 Å². The van der Waals surface area contributed by atoms with Crippen LogP contribution in [0.2, 0.25) is 0 Å². The minimum absolute atomic E-state index is 0.296. The predicted molar refractivity (Wildman–Crippen MR) is 89.4 cm³/mol. The van der Waals surface area contributed by atoms with Crippen LogP contribution in [0.1, 0.15) is 18.0 Å². The maximum Gasteiger partial charge on any atom is 0.0736 e. The number of anilines is 2. The van der Waals surface area contributed by atoms with E-state index in [2.05, 4.69) is 70.3 Å². The summed E-state index contributed by atoms with van der Waals surface area (Å²) in [4.78, 5) is 0. The van der Waals surface area contributed by atoms with Gasteiger partial charge in [0.15, 0.2) is 0 Å². The van der Waals surface area contributed by atoms with Crippen LogP contribution in [0.5, 0.6) is 0 Å². The molecule has 0 saturated carbocycles. The van der Waals surface area contributed by atoms with Crippen LogP contribution < -0.4 is 8.61 Å². The predicted octanol–water partition coefficient (Wildman–Crippen LogP) is 4.88.